The summed E-state index contributed by atoms with van der Waals surface area (Å²) in [6.45, 7) is 10.2. The van der Waals surface area contributed by atoms with E-state index in [9.17, 15) is 0 Å². The Morgan fingerprint density at radius 1 is 1.21 bits per heavy atom. The van der Waals surface area contributed by atoms with Gasteiger partial charge in [-0.15, -0.1) is 11.3 Å². The van der Waals surface area contributed by atoms with Crippen LogP contribution in [0.5, 0.6) is 0 Å². The third-order valence-electron chi connectivity index (χ3n) is 2.65. The van der Waals surface area contributed by atoms with Gasteiger partial charge in [0.2, 0.25) is 0 Å². The zero-order chi connectivity index (χ0) is 14.3. The Morgan fingerprint density at radius 3 is 2.53 bits per heavy atom. The molecule has 110 valence electrons. The molecule has 0 aromatic carbocycles. The Bertz CT molecular complexity index is 355. The highest BCUT2D eigenvalue weighted by Crippen LogP contribution is 2.18. The van der Waals surface area contributed by atoms with Gasteiger partial charge in [-0.1, -0.05) is 0 Å². The van der Waals surface area contributed by atoms with E-state index in [2.05, 4.69) is 57.2 Å². The van der Waals surface area contributed by atoms with Gasteiger partial charge in [0.05, 0.1) is 6.61 Å². The maximum absolute atomic E-state index is 5.69. The van der Waals surface area contributed by atoms with Crippen LogP contribution in [0.4, 0.5) is 0 Å². The number of nitrogens with one attached hydrogen (secondary N) is 1. The summed E-state index contributed by atoms with van der Waals surface area (Å²) in [5.41, 5.74) is 0.173. The van der Waals surface area contributed by atoms with Crippen molar-refractivity contribution in [2.75, 3.05) is 27.2 Å². The van der Waals surface area contributed by atoms with E-state index < -0.39 is 0 Å². The van der Waals surface area contributed by atoms with Gasteiger partial charge in [-0.3, -0.25) is 0 Å². The molecule has 0 saturated carbocycles. The molecule has 0 amide bonds. The molecule has 1 heterocycles. The van der Waals surface area contributed by atoms with Crippen LogP contribution in [0, 0.1) is 0 Å². The monoisotopic (exact) mass is 284 g/mol. The van der Waals surface area contributed by atoms with Crippen molar-refractivity contribution < 1.29 is 4.74 Å². The molecule has 0 radical (unpaired) electrons. The van der Waals surface area contributed by atoms with Crippen molar-refractivity contribution in [3.05, 3.63) is 21.9 Å². The van der Waals surface area contributed by atoms with Gasteiger partial charge >= 0.3 is 0 Å². The number of thiophene rings is 1. The lowest BCUT2D eigenvalue weighted by atomic mass is 10.1. The second-order valence-electron chi connectivity index (χ2n) is 6.18. The molecule has 4 heteroatoms. The Morgan fingerprint density at radius 2 is 1.89 bits per heavy atom. The first-order chi connectivity index (χ1) is 8.87. The molecule has 0 spiro atoms. The minimum absolute atomic E-state index is 0.173. The summed E-state index contributed by atoms with van der Waals surface area (Å²) in [7, 11) is 4.18. The topological polar surface area (TPSA) is 24.5 Å². The number of hydrogen-bond donors (Lipinski definition) is 1. The third kappa shape index (κ3) is 8.37. The second kappa shape index (κ2) is 8.00. The fourth-order valence-corrected chi connectivity index (χ4v) is 2.50. The molecule has 1 aromatic heterocycles. The van der Waals surface area contributed by atoms with Crippen molar-refractivity contribution in [3.8, 4) is 0 Å². The van der Waals surface area contributed by atoms with Gasteiger partial charge in [-0.2, -0.15) is 0 Å². The van der Waals surface area contributed by atoms with E-state index in [1.165, 1.54) is 9.75 Å². The average molecular weight is 284 g/mol. The average Bonchev–Trinajstić information content (AvgIpc) is 2.72. The second-order valence-corrected chi connectivity index (χ2v) is 7.43. The lowest BCUT2D eigenvalue weighted by Crippen LogP contribution is -2.34. The van der Waals surface area contributed by atoms with Crippen molar-refractivity contribution in [2.24, 2.45) is 0 Å². The van der Waals surface area contributed by atoms with Crippen LogP contribution in [0.25, 0.3) is 0 Å². The van der Waals surface area contributed by atoms with Crippen LogP contribution in [0.15, 0.2) is 12.1 Å². The molecule has 0 aliphatic rings. The molecule has 0 bridgehead atoms. The van der Waals surface area contributed by atoms with Crippen LogP contribution >= 0.6 is 11.3 Å². The normalized spacial score (nSPS) is 12.3. The molecule has 1 rings (SSSR count). The summed E-state index contributed by atoms with van der Waals surface area (Å²) >= 11 is 1.84. The zero-order valence-electron chi connectivity index (χ0n) is 13.0. The van der Waals surface area contributed by atoms with Crippen LogP contribution in [0.3, 0.4) is 0 Å². The van der Waals surface area contributed by atoms with Crippen LogP contribution in [0.2, 0.25) is 0 Å². The Hall–Kier alpha value is -0.420. The molecule has 0 aliphatic carbocycles. The highest BCUT2D eigenvalue weighted by molar-refractivity contribution is 7.11. The summed E-state index contributed by atoms with van der Waals surface area (Å²) in [6.07, 6.45) is 1.09. The van der Waals surface area contributed by atoms with Gasteiger partial charge in [0.15, 0.2) is 0 Å². The molecule has 19 heavy (non-hydrogen) atoms. The quantitative estimate of drug-likeness (QED) is 0.742. The van der Waals surface area contributed by atoms with E-state index >= 15 is 0 Å². The van der Waals surface area contributed by atoms with E-state index in [4.69, 9.17) is 4.74 Å². The van der Waals surface area contributed by atoms with Gasteiger partial charge in [-0.05, 0) is 60.0 Å². The predicted molar refractivity (Wildman–Crippen MR) is 83.7 cm³/mol. The van der Waals surface area contributed by atoms with Crippen molar-refractivity contribution in [2.45, 2.75) is 45.9 Å². The van der Waals surface area contributed by atoms with Crippen molar-refractivity contribution in [1.29, 1.82) is 0 Å². The molecule has 0 unspecified atom stereocenters. The van der Waals surface area contributed by atoms with E-state index in [1.807, 2.05) is 11.3 Å². The van der Waals surface area contributed by atoms with E-state index in [0.29, 0.717) is 0 Å². The predicted octanol–water partition coefficient (Wildman–Crippen LogP) is 3.10. The number of ether oxygens (including phenoxy) is 1. The third-order valence-corrected chi connectivity index (χ3v) is 3.71. The standard InChI is InChI=1S/C15H28N2OS/c1-15(2,3)16-11-13-7-8-14(19-13)12-18-10-6-9-17(4)5/h7-8,16H,6,9-12H2,1-5H3. The lowest BCUT2D eigenvalue weighted by Gasteiger charge is -2.19. The molecule has 3 nitrogen and oxygen atoms in total. The van der Waals surface area contributed by atoms with Crippen molar-refractivity contribution in [3.63, 3.8) is 0 Å². The largest absolute Gasteiger partial charge is 0.376 e. The molecule has 0 atom stereocenters. The molecule has 1 N–H and O–H groups in total. The van der Waals surface area contributed by atoms with Gasteiger partial charge in [0.25, 0.3) is 0 Å². The van der Waals surface area contributed by atoms with Crippen LogP contribution in [-0.2, 0) is 17.9 Å². The summed E-state index contributed by atoms with van der Waals surface area (Å²) in [5, 5.41) is 3.50. The Labute approximate surface area is 122 Å². The highest BCUT2D eigenvalue weighted by Gasteiger charge is 2.09. The molecule has 1 aromatic rings. The van der Waals surface area contributed by atoms with E-state index in [0.717, 1.165) is 32.7 Å². The minimum atomic E-state index is 0.173. The van der Waals surface area contributed by atoms with Gasteiger partial charge < -0.3 is 15.0 Å². The molecule has 0 saturated heterocycles. The number of nitrogens with zero attached hydrogens (tertiary/aromatic N) is 1. The smallest absolute Gasteiger partial charge is 0.0809 e. The first-order valence-electron chi connectivity index (χ1n) is 6.92. The molecular formula is C15H28N2OS. The molecule has 0 aliphatic heterocycles. The summed E-state index contributed by atoms with van der Waals surface area (Å²) < 4.78 is 5.69. The fraction of sp³-hybridized carbons (Fsp3) is 0.733. The first-order valence-corrected chi connectivity index (χ1v) is 7.73. The minimum Gasteiger partial charge on any atom is -0.376 e. The van der Waals surface area contributed by atoms with Crippen LogP contribution in [-0.4, -0.2) is 37.7 Å². The summed E-state index contributed by atoms with van der Waals surface area (Å²) in [4.78, 5) is 4.88. The first kappa shape index (κ1) is 16.6. The van der Waals surface area contributed by atoms with E-state index in [1.54, 1.807) is 0 Å². The SMILES string of the molecule is CN(C)CCCOCc1ccc(CNC(C)(C)C)s1. The van der Waals surface area contributed by atoms with Crippen molar-refractivity contribution in [1.82, 2.24) is 10.2 Å². The maximum Gasteiger partial charge on any atom is 0.0809 e. The zero-order valence-corrected chi connectivity index (χ0v) is 13.8. The number of hydrogen-bond acceptors (Lipinski definition) is 4. The fourth-order valence-electron chi connectivity index (χ4n) is 1.60. The van der Waals surface area contributed by atoms with Crippen LogP contribution in [0.1, 0.15) is 36.9 Å². The number of rotatable bonds is 8. The summed E-state index contributed by atoms with van der Waals surface area (Å²) in [5.74, 6) is 0. The van der Waals surface area contributed by atoms with Crippen LogP contribution < -0.4 is 5.32 Å². The van der Waals surface area contributed by atoms with Gasteiger partial charge in [0, 0.05) is 28.4 Å². The molecule has 0 fully saturated rings. The van der Waals surface area contributed by atoms with E-state index in [-0.39, 0.29) is 5.54 Å². The van der Waals surface area contributed by atoms with Gasteiger partial charge in [-0.25, -0.2) is 0 Å². The maximum atomic E-state index is 5.69. The summed E-state index contributed by atoms with van der Waals surface area (Å²) in [6, 6.07) is 4.37. The Balaban J connectivity index is 2.20. The van der Waals surface area contributed by atoms with Crippen molar-refractivity contribution >= 4 is 11.3 Å². The lowest BCUT2D eigenvalue weighted by molar-refractivity contribution is 0.115. The Kier molecular flexibility index (Phi) is 7.00. The van der Waals surface area contributed by atoms with Gasteiger partial charge in [0.1, 0.15) is 0 Å². The highest BCUT2D eigenvalue weighted by atomic mass is 32.1. The molecular weight excluding hydrogens is 256 g/mol.